The van der Waals surface area contributed by atoms with Crippen molar-refractivity contribution in [2.24, 2.45) is 5.92 Å². The maximum Gasteiger partial charge on any atom is 0.255 e. The summed E-state index contributed by atoms with van der Waals surface area (Å²) in [7, 11) is 1.69. The number of hydrogen-bond acceptors (Lipinski definition) is 4. The maximum atomic E-state index is 12.2. The van der Waals surface area contributed by atoms with Crippen molar-refractivity contribution in [2.45, 2.75) is 26.8 Å². The highest BCUT2D eigenvalue weighted by Gasteiger charge is 2.19. The average Bonchev–Trinajstić information content (AvgIpc) is 2.44. The highest BCUT2D eigenvalue weighted by Crippen LogP contribution is 2.17. The summed E-state index contributed by atoms with van der Waals surface area (Å²) in [5, 5.41) is 8.31. The third-order valence-corrected chi connectivity index (χ3v) is 3.19. The number of anilines is 1. The standard InChI is InChI=1S/C14H21BrN4O2/c1-8(2)6-18-13(20)9(3)19-14(21)11-5-10(15)7-17-12(11)16-4/h5,7-9H,6H2,1-4H3,(H,16,17)(H,18,20)(H,19,21). The van der Waals surface area contributed by atoms with Gasteiger partial charge < -0.3 is 16.0 Å². The summed E-state index contributed by atoms with van der Waals surface area (Å²) in [6, 6.07) is 1.05. The Morgan fingerprint density at radius 2 is 2.00 bits per heavy atom. The van der Waals surface area contributed by atoms with E-state index in [2.05, 4.69) is 36.9 Å². The van der Waals surface area contributed by atoms with E-state index in [0.717, 1.165) is 0 Å². The normalized spacial score (nSPS) is 11.9. The number of nitrogens with zero attached hydrogens (tertiary/aromatic N) is 1. The fourth-order valence-electron chi connectivity index (χ4n) is 1.61. The monoisotopic (exact) mass is 356 g/mol. The van der Waals surface area contributed by atoms with Crippen molar-refractivity contribution in [1.82, 2.24) is 15.6 Å². The maximum absolute atomic E-state index is 12.2. The van der Waals surface area contributed by atoms with Crippen LogP contribution in [0.25, 0.3) is 0 Å². The Morgan fingerprint density at radius 3 is 2.57 bits per heavy atom. The molecule has 0 fully saturated rings. The number of carbonyl (C=O) groups excluding carboxylic acids is 2. The van der Waals surface area contributed by atoms with Gasteiger partial charge in [-0.05, 0) is 34.8 Å². The van der Waals surface area contributed by atoms with Crippen molar-refractivity contribution >= 4 is 33.6 Å². The van der Waals surface area contributed by atoms with Gasteiger partial charge in [-0.2, -0.15) is 0 Å². The van der Waals surface area contributed by atoms with Crippen LogP contribution in [-0.2, 0) is 4.79 Å². The van der Waals surface area contributed by atoms with Crippen LogP contribution in [0.2, 0.25) is 0 Å². The molecule has 1 aromatic heterocycles. The molecule has 0 bridgehead atoms. The molecule has 1 aromatic rings. The lowest BCUT2D eigenvalue weighted by Crippen LogP contribution is -2.45. The van der Waals surface area contributed by atoms with Crippen LogP contribution in [0.15, 0.2) is 16.7 Å². The third-order valence-electron chi connectivity index (χ3n) is 2.76. The number of pyridine rings is 1. The molecule has 0 aliphatic carbocycles. The lowest BCUT2D eigenvalue weighted by molar-refractivity contribution is -0.122. The second-order valence-electron chi connectivity index (χ2n) is 5.13. The van der Waals surface area contributed by atoms with Crippen LogP contribution in [0.1, 0.15) is 31.1 Å². The zero-order chi connectivity index (χ0) is 16.0. The summed E-state index contributed by atoms with van der Waals surface area (Å²) in [6.07, 6.45) is 1.60. The molecule has 6 nitrogen and oxygen atoms in total. The molecule has 1 rings (SSSR count). The first-order chi connectivity index (χ1) is 9.85. The molecule has 0 aromatic carbocycles. The van der Waals surface area contributed by atoms with Crippen molar-refractivity contribution in [1.29, 1.82) is 0 Å². The highest BCUT2D eigenvalue weighted by molar-refractivity contribution is 9.10. The van der Waals surface area contributed by atoms with Gasteiger partial charge in [0, 0.05) is 24.3 Å². The van der Waals surface area contributed by atoms with E-state index in [1.165, 1.54) is 0 Å². The van der Waals surface area contributed by atoms with Crippen molar-refractivity contribution in [3.8, 4) is 0 Å². The topological polar surface area (TPSA) is 83.1 Å². The van der Waals surface area contributed by atoms with Crippen molar-refractivity contribution in [3.05, 3.63) is 22.3 Å². The van der Waals surface area contributed by atoms with Gasteiger partial charge >= 0.3 is 0 Å². The summed E-state index contributed by atoms with van der Waals surface area (Å²) >= 11 is 3.28. The minimum atomic E-state index is -0.611. The van der Waals surface area contributed by atoms with E-state index in [0.29, 0.717) is 28.3 Å². The molecule has 0 saturated carbocycles. The largest absolute Gasteiger partial charge is 0.372 e. The fourth-order valence-corrected chi connectivity index (χ4v) is 1.94. The van der Waals surface area contributed by atoms with E-state index in [4.69, 9.17) is 0 Å². The Morgan fingerprint density at radius 1 is 1.33 bits per heavy atom. The van der Waals surface area contributed by atoms with E-state index in [9.17, 15) is 9.59 Å². The van der Waals surface area contributed by atoms with Crippen LogP contribution in [0.5, 0.6) is 0 Å². The van der Waals surface area contributed by atoms with Crippen LogP contribution >= 0.6 is 15.9 Å². The van der Waals surface area contributed by atoms with Gasteiger partial charge in [-0.15, -0.1) is 0 Å². The molecule has 2 amide bonds. The van der Waals surface area contributed by atoms with E-state index in [-0.39, 0.29) is 11.8 Å². The third kappa shape index (κ3) is 5.34. The van der Waals surface area contributed by atoms with E-state index < -0.39 is 6.04 Å². The molecule has 21 heavy (non-hydrogen) atoms. The number of halogens is 1. The van der Waals surface area contributed by atoms with Crippen molar-refractivity contribution < 1.29 is 9.59 Å². The zero-order valence-corrected chi connectivity index (χ0v) is 14.2. The van der Waals surface area contributed by atoms with E-state index >= 15 is 0 Å². The Balaban J connectivity index is 2.72. The first kappa shape index (κ1) is 17.4. The highest BCUT2D eigenvalue weighted by atomic mass is 79.9. The first-order valence-corrected chi connectivity index (χ1v) is 7.56. The van der Waals surface area contributed by atoms with Crippen molar-refractivity contribution in [2.75, 3.05) is 18.9 Å². The van der Waals surface area contributed by atoms with Crippen molar-refractivity contribution in [3.63, 3.8) is 0 Å². The summed E-state index contributed by atoms with van der Waals surface area (Å²) in [6.45, 7) is 6.25. The quantitative estimate of drug-likeness (QED) is 0.725. The molecule has 0 saturated heterocycles. The van der Waals surface area contributed by atoms with Crippen LogP contribution in [0.3, 0.4) is 0 Å². The molecule has 1 unspecified atom stereocenters. The fraction of sp³-hybridized carbons (Fsp3) is 0.500. The van der Waals surface area contributed by atoms with Crippen LogP contribution < -0.4 is 16.0 Å². The molecule has 0 aliphatic rings. The summed E-state index contributed by atoms with van der Waals surface area (Å²) in [4.78, 5) is 28.2. The molecule has 0 spiro atoms. The van der Waals surface area contributed by atoms with Gasteiger partial charge in [-0.3, -0.25) is 9.59 Å². The van der Waals surface area contributed by atoms with E-state index in [1.807, 2.05) is 13.8 Å². The summed E-state index contributed by atoms with van der Waals surface area (Å²) < 4.78 is 0.698. The Kier molecular flexibility index (Phi) is 6.61. The molecular weight excluding hydrogens is 336 g/mol. The molecular formula is C14H21BrN4O2. The van der Waals surface area contributed by atoms with Gasteiger partial charge in [0.15, 0.2) is 0 Å². The number of rotatable bonds is 6. The zero-order valence-electron chi connectivity index (χ0n) is 12.7. The minimum absolute atomic E-state index is 0.203. The molecule has 3 N–H and O–H groups in total. The molecule has 7 heteroatoms. The predicted octanol–water partition coefficient (Wildman–Crippen LogP) is 1.78. The number of amides is 2. The number of hydrogen-bond donors (Lipinski definition) is 3. The SMILES string of the molecule is CNc1ncc(Br)cc1C(=O)NC(C)C(=O)NCC(C)C. The Bertz CT molecular complexity index is 520. The van der Waals surface area contributed by atoms with Gasteiger partial charge in [0.1, 0.15) is 11.9 Å². The van der Waals surface area contributed by atoms with Crippen LogP contribution in [-0.4, -0.2) is 36.4 Å². The second-order valence-corrected chi connectivity index (χ2v) is 6.05. The Labute approximate surface area is 133 Å². The number of carbonyl (C=O) groups is 2. The Hall–Kier alpha value is -1.63. The molecule has 1 heterocycles. The van der Waals surface area contributed by atoms with Crippen LogP contribution in [0.4, 0.5) is 5.82 Å². The molecule has 0 aliphatic heterocycles. The number of aromatic nitrogens is 1. The average molecular weight is 357 g/mol. The predicted molar refractivity (Wildman–Crippen MR) is 86.3 cm³/mol. The summed E-state index contributed by atoms with van der Waals surface area (Å²) in [5.41, 5.74) is 0.385. The lowest BCUT2D eigenvalue weighted by atomic mass is 10.2. The summed E-state index contributed by atoms with van der Waals surface area (Å²) in [5.74, 6) is 0.277. The second kappa shape index (κ2) is 7.97. The van der Waals surface area contributed by atoms with Gasteiger partial charge in [0.25, 0.3) is 5.91 Å². The number of nitrogens with one attached hydrogen (secondary N) is 3. The van der Waals surface area contributed by atoms with Gasteiger partial charge in [-0.1, -0.05) is 13.8 Å². The molecule has 1 atom stereocenters. The van der Waals surface area contributed by atoms with Gasteiger partial charge in [0.05, 0.1) is 5.56 Å². The smallest absolute Gasteiger partial charge is 0.255 e. The minimum Gasteiger partial charge on any atom is -0.372 e. The lowest BCUT2D eigenvalue weighted by Gasteiger charge is -2.16. The first-order valence-electron chi connectivity index (χ1n) is 6.77. The molecule has 116 valence electrons. The van der Waals surface area contributed by atoms with Gasteiger partial charge in [0.2, 0.25) is 5.91 Å². The molecule has 0 radical (unpaired) electrons. The van der Waals surface area contributed by atoms with E-state index in [1.54, 1.807) is 26.2 Å². The van der Waals surface area contributed by atoms with Crippen LogP contribution in [0, 0.1) is 5.92 Å². The van der Waals surface area contributed by atoms with Gasteiger partial charge in [-0.25, -0.2) is 4.98 Å².